The zero-order valence-electron chi connectivity index (χ0n) is 10.0. The molecule has 0 aromatic heterocycles. The van der Waals surface area contributed by atoms with Crippen LogP contribution in [0.1, 0.15) is 34.1 Å². The lowest BCUT2D eigenvalue weighted by Crippen LogP contribution is -2.16. The van der Waals surface area contributed by atoms with E-state index in [1.807, 2.05) is 0 Å². The summed E-state index contributed by atoms with van der Waals surface area (Å²) in [5.74, 6) is 1.73. The van der Waals surface area contributed by atoms with E-state index in [1.165, 1.54) is 22.3 Å². The molecular formula is C17H14O. The van der Waals surface area contributed by atoms with E-state index in [-0.39, 0.29) is 5.41 Å². The molecule has 1 heteroatoms. The van der Waals surface area contributed by atoms with Crippen LogP contribution in [0.3, 0.4) is 0 Å². The molecule has 4 atom stereocenters. The van der Waals surface area contributed by atoms with Crippen molar-refractivity contribution in [3.63, 3.8) is 0 Å². The van der Waals surface area contributed by atoms with Crippen LogP contribution in [0.15, 0.2) is 48.5 Å². The molecule has 1 saturated carbocycles. The maximum atomic E-state index is 9.96. The summed E-state index contributed by atoms with van der Waals surface area (Å²) in [4.78, 5) is 0. The first-order valence-corrected chi connectivity index (χ1v) is 6.68. The highest BCUT2D eigenvalue weighted by atomic mass is 16.3. The summed E-state index contributed by atoms with van der Waals surface area (Å²) in [7, 11) is 0. The van der Waals surface area contributed by atoms with Gasteiger partial charge in [-0.05, 0) is 28.2 Å². The number of aliphatic hydroxyl groups excluding tert-OH is 1. The lowest BCUT2D eigenvalue weighted by atomic mass is 9.91. The molecular weight excluding hydrogens is 220 g/mol. The van der Waals surface area contributed by atoms with Crippen LogP contribution in [0.5, 0.6) is 0 Å². The average Bonchev–Trinajstić information content (AvgIpc) is 2.87. The topological polar surface area (TPSA) is 20.2 Å². The lowest BCUT2D eigenvalue weighted by Gasteiger charge is -2.14. The van der Waals surface area contributed by atoms with E-state index in [0.717, 1.165) is 0 Å². The second kappa shape index (κ2) is 2.70. The van der Waals surface area contributed by atoms with Crippen LogP contribution >= 0.6 is 0 Å². The minimum atomic E-state index is 0.0512. The molecule has 0 saturated heterocycles. The molecule has 5 rings (SSSR count). The summed E-state index contributed by atoms with van der Waals surface area (Å²) in [5, 5.41) is 9.96. The number of fused-ring (bicyclic) bond motifs is 7. The monoisotopic (exact) mass is 234 g/mol. The third-order valence-corrected chi connectivity index (χ3v) is 5.48. The van der Waals surface area contributed by atoms with Crippen LogP contribution < -0.4 is 0 Å². The van der Waals surface area contributed by atoms with Gasteiger partial charge in [0.25, 0.3) is 0 Å². The summed E-state index contributed by atoms with van der Waals surface area (Å²) < 4.78 is 0. The SMILES string of the molecule is OC[C@]12c3ccccc3[C@@H]3c4ccccc4[C@@H]1[C@@H]32. The van der Waals surface area contributed by atoms with Crippen molar-refractivity contribution in [2.24, 2.45) is 5.92 Å². The standard InChI is InChI=1S/C17H14O/c18-9-17-13-8-4-3-7-12(13)14-10-5-1-2-6-11(10)15(17)16(14)17/h1-8,14-16,18H,9H2/t14-,15+,16+,17-/m0/s1. The van der Waals surface area contributed by atoms with Gasteiger partial charge in [-0.1, -0.05) is 48.5 Å². The Morgan fingerprint density at radius 3 is 2.33 bits per heavy atom. The van der Waals surface area contributed by atoms with Gasteiger partial charge in [-0.3, -0.25) is 0 Å². The maximum Gasteiger partial charge on any atom is 0.0537 e. The Hall–Kier alpha value is -1.60. The molecule has 88 valence electrons. The van der Waals surface area contributed by atoms with Crippen molar-refractivity contribution in [2.45, 2.75) is 17.3 Å². The summed E-state index contributed by atoms with van der Waals surface area (Å²) >= 11 is 0. The van der Waals surface area contributed by atoms with Gasteiger partial charge in [0.2, 0.25) is 0 Å². The largest absolute Gasteiger partial charge is 0.395 e. The Morgan fingerprint density at radius 1 is 0.889 bits per heavy atom. The Balaban J connectivity index is 1.86. The molecule has 2 aromatic rings. The molecule has 1 nitrogen and oxygen atoms in total. The third-order valence-electron chi connectivity index (χ3n) is 5.48. The van der Waals surface area contributed by atoms with Gasteiger partial charge >= 0.3 is 0 Å². The van der Waals surface area contributed by atoms with Gasteiger partial charge in [0, 0.05) is 17.3 Å². The number of benzene rings is 2. The van der Waals surface area contributed by atoms with E-state index in [2.05, 4.69) is 48.5 Å². The predicted octanol–water partition coefficient (Wildman–Crippen LogP) is 2.79. The van der Waals surface area contributed by atoms with E-state index in [0.29, 0.717) is 24.4 Å². The molecule has 3 aliphatic carbocycles. The number of hydrogen-bond donors (Lipinski definition) is 1. The first-order valence-electron chi connectivity index (χ1n) is 6.68. The molecule has 18 heavy (non-hydrogen) atoms. The van der Waals surface area contributed by atoms with Crippen molar-refractivity contribution in [3.05, 3.63) is 70.8 Å². The second-order valence-corrected chi connectivity index (χ2v) is 5.90. The Morgan fingerprint density at radius 2 is 1.56 bits per heavy atom. The average molecular weight is 234 g/mol. The van der Waals surface area contributed by atoms with Crippen molar-refractivity contribution in [3.8, 4) is 0 Å². The minimum Gasteiger partial charge on any atom is -0.395 e. The quantitative estimate of drug-likeness (QED) is 0.804. The summed E-state index contributed by atoms with van der Waals surface area (Å²) in [6.07, 6.45) is 0. The number of rotatable bonds is 1. The van der Waals surface area contributed by atoms with E-state index in [4.69, 9.17) is 0 Å². The first-order chi connectivity index (χ1) is 8.89. The first kappa shape index (κ1) is 9.35. The number of aliphatic hydroxyl groups is 1. The maximum absolute atomic E-state index is 9.96. The predicted molar refractivity (Wildman–Crippen MR) is 69.7 cm³/mol. The molecule has 0 unspecified atom stereocenters. The van der Waals surface area contributed by atoms with Crippen molar-refractivity contribution in [2.75, 3.05) is 6.61 Å². The van der Waals surface area contributed by atoms with Gasteiger partial charge in [0.15, 0.2) is 0 Å². The third kappa shape index (κ3) is 0.733. The molecule has 1 N–H and O–H groups in total. The normalized spacial score (nSPS) is 37.1. The molecule has 0 bridgehead atoms. The van der Waals surface area contributed by atoms with Crippen molar-refractivity contribution in [1.29, 1.82) is 0 Å². The Kier molecular flexibility index (Phi) is 1.40. The summed E-state index contributed by atoms with van der Waals surface area (Å²) in [6, 6.07) is 17.5. The van der Waals surface area contributed by atoms with Crippen LogP contribution in [0.4, 0.5) is 0 Å². The summed E-state index contributed by atoms with van der Waals surface area (Å²) in [6.45, 7) is 0.296. The second-order valence-electron chi connectivity index (χ2n) is 5.90. The van der Waals surface area contributed by atoms with Gasteiger partial charge in [-0.2, -0.15) is 0 Å². The number of hydrogen-bond acceptors (Lipinski definition) is 1. The van der Waals surface area contributed by atoms with Gasteiger partial charge in [-0.15, -0.1) is 0 Å². The van der Waals surface area contributed by atoms with E-state index in [9.17, 15) is 5.11 Å². The van der Waals surface area contributed by atoms with Crippen LogP contribution in [0.25, 0.3) is 0 Å². The van der Waals surface area contributed by atoms with Gasteiger partial charge in [-0.25, -0.2) is 0 Å². The molecule has 0 radical (unpaired) electrons. The highest BCUT2D eigenvalue weighted by Gasteiger charge is 2.76. The fraction of sp³-hybridized carbons (Fsp3) is 0.294. The Labute approximate surface area is 106 Å². The van der Waals surface area contributed by atoms with E-state index in [1.54, 1.807) is 0 Å². The van der Waals surface area contributed by atoms with Crippen LogP contribution in [-0.4, -0.2) is 11.7 Å². The molecule has 0 spiro atoms. The molecule has 0 amide bonds. The molecule has 0 aliphatic heterocycles. The fourth-order valence-electron chi connectivity index (χ4n) is 4.89. The fourth-order valence-corrected chi connectivity index (χ4v) is 4.89. The van der Waals surface area contributed by atoms with Crippen LogP contribution in [-0.2, 0) is 5.41 Å². The van der Waals surface area contributed by atoms with Crippen LogP contribution in [0.2, 0.25) is 0 Å². The lowest BCUT2D eigenvalue weighted by molar-refractivity contribution is 0.245. The van der Waals surface area contributed by atoms with Crippen molar-refractivity contribution in [1.82, 2.24) is 0 Å². The zero-order valence-corrected chi connectivity index (χ0v) is 10.0. The van der Waals surface area contributed by atoms with E-state index >= 15 is 0 Å². The van der Waals surface area contributed by atoms with Crippen molar-refractivity contribution >= 4 is 0 Å². The minimum absolute atomic E-state index is 0.0512. The smallest absolute Gasteiger partial charge is 0.0537 e. The molecule has 2 aromatic carbocycles. The molecule has 0 heterocycles. The van der Waals surface area contributed by atoms with Crippen molar-refractivity contribution < 1.29 is 5.11 Å². The highest BCUT2D eigenvalue weighted by molar-refractivity contribution is 5.67. The van der Waals surface area contributed by atoms with Crippen LogP contribution in [0, 0.1) is 5.92 Å². The summed E-state index contributed by atoms with van der Waals surface area (Å²) in [5.41, 5.74) is 5.90. The Bertz CT molecular complexity index is 675. The molecule has 1 fully saturated rings. The highest BCUT2D eigenvalue weighted by Crippen LogP contribution is 2.80. The zero-order chi connectivity index (χ0) is 11.9. The molecule has 3 aliphatic rings. The van der Waals surface area contributed by atoms with Gasteiger partial charge in [0.1, 0.15) is 0 Å². The van der Waals surface area contributed by atoms with E-state index < -0.39 is 0 Å². The van der Waals surface area contributed by atoms with Gasteiger partial charge < -0.3 is 5.11 Å². The van der Waals surface area contributed by atoms with Gasteiger partial charge in [0.05, 0.1) is 6.61 Å².